The van der Waals surface area contributed by atoms with Gasteiger partial charge in [0, 0.05) is 18.9 Å². The Morgan fingerprint density at radius 3 is 2.68 bits per heavy atom. The molecule has 34 heavy (non-hydrogen) atoms. The van der Waals surface area contributed by atoms with Gasteiger partial charge in [0.2, 0.25) is 11.1 Å². The van der Waals surface area contributed by atoms with Crippen molar-refractivity contribution in [3.8, 4) is 0 Å². The van der Waals surface area contributed by atoms with Crippen molar-refractivity contribution in [2.24, 2.45) is 5.92 Å². The number of nitrogen functional groups attached to an aromatic ring is 1. The maximum atomic E-state index is 13.3. The fourth-order valence-corrected chi connectivity index (χ4v) is 4.12. The van der Waals surface area contributed by atoms with E-state index in [1.165, 1.54) is 14.0 Å². The van der Waals surface area contributed by atoms with Gasteiger partial charge in [0.25, 0.3) is 11.3 Å². The Labute approximate surface area is 198 Å². The number of aromatic amines is 1. The van der Waals surface area contributed by atoms with Gasteiger partial charge in [0.05, 0.1) is 12.3 Å². The SMILES string of the molecule is CC(C)CN(C(=O)CSc1nc2ncccn2n1)c1c(N)n(Cc2ccccc2)c(=O)[nH]c1=O. The lowest BCUT2D eigenvalue weighted by molar-refractivity contribution is -0.116. The first-order valence-electron chi connectivity index (χ1n) is 10.6. The Hall–Kier alpha value is -3.93. The summed E-state index contributed by atoms with van der Waals surface area (Å²) in [6, 6.07) is 11.0. The Morgan fingerprint density at radius 2 is 1.97 bits per heavy atom. The maximum Gasteiger partial charge on any atom is 0.330 e. The first kappa shape index (κ1) is 23.2. The number of nitrogens with one attached hydrogen (secondary N) is 1. The number of thioether (sulfide) groups is 1. The molecule has 3 heterocycles. The standard InChI is InChI=1S/C22H24N8O3S/c1-14(2)11-28(16(31)13-34-21-26-20-24-9-6-10-30(20)27-21)17-18(23)29(22(33)25-19(17)32)12-15-7-4-3-5-8-15/h3-10,14H,11-13,23H2,1-2H3,(H,25,32,33). The van der Waals surface area contributed by atoms with Crippen LogP contribution in [0.15, 0.2) is 63.5 Å². The zero-order valence-electron chi connectivity index (χ0n) is 18.7. The monoisotopic (exact) mass is 480 g/mol. The van der Waals surface area contributed by atoms with Crippen LogP contribution in [-0.2, 0) is 11.3 Å². The van der Waals surface area contributed by atoms with Gasteiger partial charge < -0.3 is 10.6 Å². The first-order valence-corrected chi connectivity index (χ1v) is 11.6. The van der Waals surface area contributed by atoms with Gasteiger partial charge in [-0.05, 0) is 17.5 Å². The highest BCUT2D eigenvalue weighted by Crippen LogP contribution is 2.22. The van der Waals surface area contributed by atoms with Gasteiger partial charge in [-0.3, -0.25) is 19.1 Å². The zero-order chi connectivity index (χ0) is 24.2. The van der Waals surface area contributed by atoms with Crippen molar-refractivity contribution in [3.05, 3.63) is 75.2 Å². The predicted molar refractivity (Wildman–Crippen MR) is 130 cm³/mol. The van der Waals surface area contributed by atoms with Crippen LogP contribution < -0.4 is 21.9 Å². The van der Waals surface area contributed by atoms with Crippen LogP contribution in [0.1, 0.15) is 19.4 Å². The van der Waals surface area contributed by atoms with Crippen LogP contribution in [0, 0.1) is 5.92 Å². The van der Waals surface area contributed by atoms with Crippen LogP contribution >= 0.6 is 11.8 Å². The Morgan fingerprint density at radius 1 is 1.21 bits per heavy atom. The summed E-state index contributed by atoms with van der Waals surface area (Å²) in [5.74, 6) is 0.0181. The number of rotatable bonds is 8. The molecule has 3 aromatic heterocycles. The average Bonchev–Trinajstić information content (AvgIpc) is 3.23. The van der Waals surface area contributed by atoms with Crippen LogP contribution in [0.3, 0.4) is 0 Å². The number of nitrogens with two attached hydrogens (primary N) is 1. The molecule has 4 rings (SSSR count). The minimum absolute atomic E-state index is 0.0275. The first-order chi connectivity index (χ1) is 16.3. The Kier molecular flexibility index (Phi) is 6.77. The summed E-state index contributed by atoms with van der Waals surface area (Å²) in [5, 5.41) is 4.66. The number of hydrogen-bond acceptors (Lipinski definition) is 8. The number of carbonyl (C=O) groups is 1. The molecule has 0 aliphatic carbocycles. The molecule has 0 radical (unpaired) electrons. The highest BCUT2D eigenvalue weighted by molar-refractivity contribution is 7.99. The number of fused-ring (bicyclic) bond motifs is 1. The predicted octanol–water partition coefficient (Wildman–Crippen LogP) is 1.39. The molecule has 0 saturated heterocycles. The second-order valence-corrected chi connectivity index (χ2v) is 8.95. The number of benzene rings is 1. The number of amides is 1. The van der Waals surface area contributed by atoms with Gasteiger partial charge in [0.1, 0.15) is 5.82 Å². The molecule has 0 unspecified atom stereocenters. The lowest BCUT2D eigenvalue weighted by atomic mass is 10.2. The second-order valence-electron chi connectivity index (χ2n) is 8.01. The highest BCUT2D eigenvalue weighted by Gasteiger charge is 2.25. The van der Waals surface area contributed by atoms with Crippen LogP contribution in [0.2, 0.25) is 0 Å². The maximum absolute atomic E-state index is 13.3. The summed E-state index contributed by atoms with van der Waals surface area (Å²) in [4.78, 5) is 50.6. The van der Waals surface area contributed by atoms with E-state index in [4.69, 9.17) is 5.73 Å². The topological polar surface area (TPSA) is 144 Å². The van der Waals surface area contributed by atoms with E-state index in [1.807, 2.05) is 44.2 Å². The molecule has 0 fully saturated rings. The molecule has 1 amide bonds. The van der Waals surface area contributed by atoms with E-state index in [0.717, 1.165) is 17.3 Å². The third kappa shape index (κ3) is 5.01. The number of carbonyl (C=O) groups excluding carboxylic acids is 1. The molecule has 0 atom stereocenters. The number of hydrogen-bond donors (Lipinski definition) is 2. The lowest BCUT2D eigenvalue weighted by Crippen LogP contribution is -2.43. The van der Waals surface area contributed by atoms with Crippen LogP contribution in [0.4, 0.5) is 11.5 Å². The van der Waals surface area contributed by atoms with Crippen molar-refractivity contribution >= 4 is 35.0 Å². The number of H-pyrrole nitrogens is 1. The van der Waals surface area contributed by atoms with Crippen molar-refractivity contribution in [2.45, 2.75) is 25.5 Å². The van der Waals surface area contributed by atoms with E-state index < -0.39 is 11.2 Å². The number of anilines is 2. The van der Waals surface area contributed by atoms with E-state index in [2.05, 4.69) is 20.1 Å². The summed E-state index contributed by atoms with van der Waals surface area (Å²) >= 11 is 1.13. The molecule has 1 aromatic carbocycles. The van der Waals surface area contributed by atoms with Crippen molar-refractivity contribution in [1.82, 2.24) is 29.1 Å². The number of aromatic nitrogens is 6. The molecule has 0 aliphatic heterocycles. The highest BCUT2D eigenvalue weighted by atomic mass is 32.2. The second kappa shape index (κ2) is 9.91. The van der Waals surface area contributed by atoms with Gasteiger partial charge in [0.15, 0.2) is 5.69 Å². The van der Waals surface area contributed by atoms with Crippen LogP contribution in [0.5, 0.6) is 0 Å². The molecule has 0 spiro atoms. The summed E-state index contributed by atoms with van der Waals surface area (Å²) < 4.78 is 2.77. The minimum Gasteiger partial charge on any atom is -0.383 e. The fourth-order valence-electron chi connectivity index (χ4n) is 3.42. The summed E-state index contributed by atoms with van der Waals surface area (Å²) in [7, 11) is 0. The zero-order valence-corrected chi connectivity index (χ0v) is 19.5. The van der Waals surface area contributed by atoms with E-state index in [-0.39, 0.29) is 42.2 Å². The molecule has 0 saturated carbocycles. The van der Waals surface area contributed by atoms with Crippen LogP contribution in [-0.4, -0.2) is 47.3 Å². The van der Waals surface area contributed by atoms with E-state index >= 15 is 0 Å². The average molecular weight is 481 g/mol. The molecular formula is C22H24N8O3S. The van der Waals surface area contributed by atoms with Crippen LogP contribution in [0.25, 0.3) is 5.78 Å². The van der Waals surface area contributed by atoms with E-state index in [0.29, 0.717) is 10.9 Å². The smallest absolute Gasteiger partial charge is 0.330 e. The quantitative estimate of drug-likeness (QED) is 0.360. The van der Waals surface area contributed by atoms with Gasteiger partial charge in [-0.2, -0.15) is 4.98 Å². The fraction of sp³-hybridized carbons (Fsp3) is 0.273. The normalized spacial score (nSPS) is 11.3. The third-order valence-electron chi connectivity index (χ3n) is 4.94. The lowest BCUT2D eigenvalue weighted by Gasteiger charge is -2.26. The van der Waals surface area contributed by atoms with Crippen molar-refractivity contribution < 1.29 is 4.79 Å². The van der Waals surface area contributed by atoms with E-state index in [1.54, 1.807) is 18.5 Å². The van der Waals surface area contributed by atoms with Crippen molar-refractivity contribution in [2.75, 3.05) is 22.9 Å². The Bertz CT molecular complexity index is 1390. The van der Waals surface area contributed by atoms with E-state index in [9.17, 15) is 14.4 Å². The van der Waals surface area contributed by atoms with Gasteiger partial charge in [-0.15, -0.1) is 5.10 Å². The number of nitrogens with zero attached hydrogens (tertiary/aromatic N) is 6. The largest absolute Gasteiger partial charge is 0.383 e. The van der Waals surface area contributed by atoms with Crippen molar-refractivity contribution in [1.29, 1.82) is 0 Å². The molecule has 12 heteroatoms. The third-order valence-corrected chi connectivity index (χ3v) is 5.76. The molecule has 176 valence electrons. The van der Waals surface area contributed by atoms with Gasteiger partial charge in [-0.1, -0.05) is 55.9 Å². The molecular weight excluding hydrogens is 456 g/mol. The minimum atomic E-state index is -0.708. The molecule has 4 aromatic rings. The van der Waals surface area contributed by atoms with Gasteiger partial charge >= 0.3 is 5.69 Å². The van der Waals surface area contributed by atoms with Crippen molar-refractivity contribution in [3.63, 3.8) is 0 Å². The summed E-state index contributed by atoms with van der Waals surface area (Å²) in [6.45, 7) is 4.25. The molecule has 3 N–H and O–H groups in total. The summed E-state index contributed by atoms with van der Waals surface area (Å²) in [5.41, 5.74) is 5.76. The molecule has 0 bridgehead atoms. The van der Waals surface area contributed by atoms with Gasteiger partial charge in [-0.25, -0.2) is 14.3 Å². The Balaban J connectivity index is 1.64. The molecule has 11 nitrogen and oxygen atoms in total. The molecule has 0 aliphatic rings. The summed E-state index contributed by atoms with van der Waals surface area (Å²) in [6.07, 6.45) is 3.32.